The van der Waals surface area contributed by atoms with Crippen molar-refractivity contribution in [1.82, 2.24) is 60.9 Å². The fraction of sp³-hybridized carbons (Fsp3) is 0.800. The zero-order chi connectivity index (χ0) is 83.3. The lowest BCUT2D eigenvalue weighted by molar-refractivity contribution is -0.339. The van der Waals surface area contributed by atoms with E-state index in [1.165, 1.54) is 0 Å². The minimum atomic E-state index is -3.12. The van der Waals surface area contributed by atoms with E-state index in [1.54, 1.807) is 0 Å². The highest BCUT2D eigenvalue weighted by Crippen LogP contribution is 2.39. The van der Waals surface area contributed by atoms with E-state index in [9.17, 15) is 151 Å². The molecule has 27 N–H and O–H groups in total. The third-order valence-corrected chi connectivity index (χ3v) is 19.7. The summed E-state index contributed by atoms with van der Waals surface area (Å²) in [7, 11) is 0. The maximum atomic E-state index is 13.7. The number of carboxylic acid groups (broad SMARTS) is 3. The number of aliphatic hydroxyl groups is 21. The maximum absolute atomic E-state index is 13.7. The fourth-order valence-electron chi connectivity index (χ4n) is 13.4. The van der Waals surface area contributed by atoms with Gasteiger partial charge in [0.05, 0.1) is 114 Å². The van der Waals surface area contributed by atoms with E-state index < -0.39 is 335 Å². The van der Waals surface area contributed by atoms with Gasteiger partial charge in [0.2, 0.25) is 17.7 Å². The van der Waals surface area contributed by atoms with Crippen LogP contribution in [0.1, 0.15) is 36.3 Å². The zero-order valence-corrected chi connectivity index (χ0v) is 59.3. The van der Waals surface area contributed by atoms with Crippen LogP contribution in [-0.2, 0) is 125 Å². The first-order chi connectivity index (χ1) is 53.9. The number of amides is 3. The van der Waals surface area contributed by atoms with Crippen molar-refractivity contribution in [2.45, 2.75) is 260 Å². The fourth-order valence-corrected chi connectivity index (χ4v) is 13.4. The quantitative estimate of drug-likeness (QED) is 0.0801. The Bertz CT molecular complexity index is 3360. The number of carbonyl (C=O) groups excluding carboxylic acids is 3. The second-order valence-electron chi connectivity index (χ2n) is 27.9. The number of carbonyl (C=O) groups is 6. The second-order valence-corrected chi connectivity index (χ2v) is 27.9. The molecule has 3 aromatic heterocycles. The average molecular weight is 1650 g/mol. The molecule has 13 heterocycles. The largest absolute Gasteiger partial charge is 0.477 e. The van der Waals surface area contributed by atoms with E-state index >= 15 is 0 Å². The van der Waals surface area contributed by atoms with Crippen molar-refractivity contribution in [3.8, 4) is 0 Å². The van der Waals surface area contributed by atoms with Gasteiger partial charge in [0.25, 0.3) is 17.4 Å². The van der Waals surface area contributed by atoms with Gasteiger partial charge in [0, 0.05) is 19.3 Å². The van der Waals surface area contributed by atoms with Crippen molar-refractivity contribution in [1.29, 1.82) is 0 Å². The van der Waals surface area contributed by atoms with Crippen LogP contribution in [0, 0.1) is 0 Å². The SMILES string of the molecule is O=C1Cn2cc(nn2)CO[C@@H]2O[C@H](CO[C@]3(C(=O)O)C[C@H](O)[C@@H](NC(=O)Cn4cc(nn4)CO[C@@H]4O[C@H](CO[C@]5(C(=O)O)C[C@H](O)[C@@H](NC(=O)Cn6cc(nn6)CO[C@@H]6O[C@H](CO[C@]7(C(=O)O)C[C@H](O)[C@@H](N1)[C@H]([C@H](O)[C@H](O)CO)O7)[C@H](O)[C@H](O)[C@H]6O)[C@H]([C@H](O)[C@H](O)CO)O5)[C@H](O)[C@H](O)[C@H]4O)[C@H]([C@H](O)[C@H](O)CO)O3)[C@H](O)[C@H](O)[C@H]2O. The lowest BCUT2D eigenvalue weighted by Gasteiger charge is -2.47. The maximum Gasteiger partial charge on any atom is 0.364 e. The summed E-state index contributed by atoms with van der Waals surface area (Å²) in [5, 5.41) is 290. The van der Waals surface area contributed by atoms with Crippen molar-refractivity contribution in [3.05, 3.63) is 35.7 Å². The number of fused-ring (bicyclic) bond motifs is 3. The van der Waals surface area contributed by atoms with Gasteiger partial charge in [-0.15, -0.1) is 15.3 Å². The molecule has 3 amide bonds. The molecular formula is C60H90N12O42. The Morgan fingerprint density at radius 3 is 0.877 bits per heavy atom. The summed E-state index contributed by atoms with van der Waals surface area (Å²) < 4.78 is 70.4. The summed E-state index contributed by atoms with van der Waals surface area (Å²) in [6.45, 7) is -11.7. The molecule has 0 spiro atoms. The minimum absolute atomic E-state index is 0.166. The third-order valence-electron chi connectivity index (χ3n) is 19.7. The standard InChI is InChI=1S/C60H90N12O42/c73-10-25(79)37(85)49-34-22(76)1-58(112-49,55(97)98)106-16-28-40(88)43(91)46(94)52(109-28)103-13-20-5-71(68-65-20)8-32(83)62-35-23(77)2-60(57(101)102,113-50(35)38(86)26(80)11-74)108-18-30-42(90)45(93)48(96)54(111-30)105-15-21-6-72(69-66-21)9-33(84)63-36-24(78)3-59(56(99)100,114-51(36)39(87)27(81)12-75)107-17-29-41(89)44(92)47(95)53(110-29)104-14-19-4-70(67-64-19)7-31(82)61-34/h4-6,22-30,34-54,73-81,85-96H,1-3,7-18H2,(H,61,82)(H,62,83)(H,63,84)(H,97,98)(H,99,100)(H,101,102)/t22-,23-,24-,25+,26+,27+,28+,29+,30+,34+,35+,36+,37+,38+,39+,40-,41-,42-,43-,44-,45-,46+,47+,48+,49+,50+,51+,52+,53+,54+,58+,59+,60+/m0/s1. The van der Waals surface area contributed by atoms with E-state index in [0.29, 0.717) is 0 Å². The summed E-state index contributed by atoms with van der Waals surface area (Å²) in [5.41, 5.74) is -0.498. The van der Waals surface area contributed by atoms with Gasteiger partial charge in [-0.3, -0.25) is 14.4 Å². The molecule has 33 atom stereocenters. The number of hydrogen-bond donors (Lipinski definition) is 27. The molecule has 0 saturated carbocycles. The van der Waals surface area contributed by atoms with Crippen molar-refractivity contribution in [2.24, 2.45) is 0 Å². The molecule has 18 bridgehead atoms. The van der Waals surface area contributed by atoms with Crippen LogP contribution in [0.25, 0.3) is 0 Å². The molecule has 0 unspecified atom stereocenters. The molecule has 6 fully saturated rings. The van der Waals surface area contributed by atoms with Gasteiger partial charge < -0.3 is 195 Å². The number of hydrogen-bond acceptors (Lipinski definition) is 45. The van der Waals surface area contributed by atoms with Crippen LogP contribution in [-0.4, -0.2) is 444 Å². The van der Waals surface area contributed by atoms with Crippen LogP contribution >= 0.6 is 0 Å². The van der Waals surface area contributed by atoms with Gasteiger partial charge in [-0.05, 0) is 0 Å². The zero-order valence-electron chi connectivity index (χ0n) is 59.3. The average Bonchev–Trinajstić information content (AvgIpc) is 0.917. The molecule has 13 rings (SSSR count). The lowest BCUT2D eigenvalue weighted by Crippen LogP contribution is -2.68. The van der Waals surface area contributed by atoms with E-state index in [1.807, 2.05) is 0 Å². The van der Waals surface area contributed by atoms with Gasteiger partial charge in [0.1, 0.15) is 165 Å². The topological polar surface area (TPSA) is 827 Å². The van der Waals surface area contributed by atoms with E-state index in [-0.39, 0.29) is 17.1 Å². The molecule has 10 aliphatic heterocycles. The van der Waals surface area contributed by atoms with Crippen LogP contribution < -0.4 is 16.0 Å². The molecule has 54 heteroatoms. The molecule has 0 aromatic carbocycles. The molecule has 54 nitrogen and oxygen atoms in total. The van der Waals surface area contributed by atoms with Crippen LogP contribution in [0.5, 0.6) is 0 Å². The Kier molecular flexibility index (Phi) is 29.5. The molecule has 114 heavy (non-hydrogen) atoms. The highest BCUT2D eigenvalue weighted by Gasteiger charge is 2.61. The minimum Gasteiger partial charge on any atom is -0.477 e. The van der Waals surface area contributed by atoms with E-state index in [2.05, 4.69) is 46.9 Å². The second kappa shape index (κ2) is 37.7. The molecule has 642 valence electrons. The predicted molar refractivity (Wildman–Crippen MR) is 343 cm³/mol. The summed E-state index contributed by atoms with van der Waals surface area (Å²) in [6, 6.07) is -5.66. The Morgan fingerprint density at radius 2 is 0.649 bits per heavy atom. The first kappa shape index (κ1) is 89.3. The number of aromatic nitrogens is 9. The Labute approximate surface area is 638 Å². The molecule has 6 saturated heterocycles. The first-order valence-electron chi connectivity index (χ1n) is 35.0. The number of aliphatic hydroxyl groups excluding tert-OH is 21. The number of rotatable bonds is 12. The van der Waals surface area contributed by atoms with Crippen LogP contribution in [0.2, 0.25) is 0 Å². The Hall–Kier alpha value is -7.08. The van der Waals surface area contributed by atoms with Gasteiger partial charge in [-0.1, -0.05) is 15.6 Å². The third kappa shape index (κ3) is 19.8. The van der Waals surface area contributed by atoms with Crippen molar-refractivity contribution < 1.29 is 208 Å². The van der Waals surface area contributed by atoms with Crippen LogP contribution in [0.3, 0.4) is 0 Å². The van der Waals surface area contributed by atoms with Gasteiger partial charge in [-0.25, -0.2) is 28.4 Å². The first-order valence-corrected chi connectivity index (χ1v) is 35.0. The normalized spacial score (nSPS) is 40.1. The van der Waals surface area contributed by atoms with E-state index in [0.717, 1.165) is 32.6 Å². The molecule has 0 radical (unpaired) electrons. The molecule has 3 aromatic rings. The van der Waals surface area contributed by atoms with Crippen LogP contribution in [0.4, 0.5) is 0 Å². The summed E-state index contributed by atoms with van der Waals surface area (Å²) >= 11 is 0. The van der Waals surface area contributed by atoms with E-state index in [4.69, 9.17) is 56.8 Å². The molecular weight excluding hydrogens is 1560 g/mol. The van der Waals surface area contributed by atoms with Gasteiger partial charge in [-0.2, -0.15) is 0 Å². The van der Waals surface area contributed by atoms with Gasteiger partial charge >= 0.3 is 17.9 Å². The number of carboxylic acids is 3. The van der Waals surface area contributed by atoms with Crippen molar-refractivity contribution in [2.75, 3.05) is 39.6 Å². The lowest BCUT2D eigenvalue weighted by atomic mass is 9.88. The summed E-state index contributed by atoms with van der Waals surface area (Å²) in [5.74, 6) is -18.8. The molecule has 0 aliphatic carbocycles. The highest BCUT2D eigenvalue weighted by atomic mass is 16.8. The number of aliphatic carboxylic acids is 3. The number of ether oxygens (including phenoxy) is 12. The summed E-state index contributed by atoms with van der Waals surface area (Å²) in [6.07, 6.45) is -57.6. The van der Waals surface area contributed by atoms with Gasteiger partial charge in [0.15, 0.2) is 18.9 Å². The number of nitrogens with one attached hydrogen (secondary N) is 3. The molecule has 10 aliphatic rings. The Morgan fingerprint density at radius 1 is 0.404 bits per heavy atom. The highest BCUT2D eigenvalue weighted by molar-refractivity contribution is 5.79. The van der Waals surface area contributed by atoms with Crippen LogP contribution in [0.15, 0.2) is 18.6 Å². The van der Waals surface area contributed by atoms with Crippen molar-refractivity contribution >= 4 is 35.6 Å². The van der Waals surface area contributed by atoms with Crippen molar-refractivity contribution in [3.63, 3.8) is 0 Å². The smallest absolute Gasteiger partial charge is 0.364 e. The summed E-state index contributed by atoms with van der Waals surface area (Å²) in [4.78, 5) is 80.5. The number of nitrogens with zero attached hydrogens (tertiary/aromatic N) is 9. The predicted octanol–water partition coefficient (Wildman–Crippen LogP) is -18.7. The Balaban J connectivity index is 0.892. The monoisotopic (exact) mass is 1650 g/mol.